The number of nitrogens with one attached hydrogen (secondary N) is 2. The maximum Gasteiger partial charge on any atom is 0.318 e. The summed E-state index contributed by atoms with van der Waals surface area (Å²) < 4.78 is 0. The molecule has 2 N–H and O–H groups in total. The van der Waals surface area contributed by atoms with E-state index in [0.29, 0.717) is 25.4 Å². The molecule has 0 aromatic rings. The van der Waals surface area contributed by atoms with Crippen LogP contribution in [0.5, 0.6) is 0 Å². The average molecular weight is 491 g/mol. The molecule has 0 aromatic carbocycles. The molecule has 0 spiro atoms. The van der Waals surface area contributed by atoms with E-state index in [2.05, 4.69) is 31.4 Å². The van der Waals surface area contributed by atoms with Crippen molar-refractivity contribution in [2.75, 3.05) is 19.6 Å². The van der Waals surface area contributed by atoms with Gasteiger partial charge in [-0.25, -0.2) is 4.79 Å². The first-order valence-electron chi connectivity index (χ1n) is 14.5. The molecule has 200 valence electrons. The standard InChI is InChI=1S/C28H50N4O3/c1-4-5-16-29-26(33)18-24-20-31(19-22-12-8-6-9-13-22)27(34)25(17-21(2)3)32(24)28(35)30-23-14-10-7-11-15-23/h21-25H,4-20H2,1-3H3,(H,29,33)(H,30,35)/t24-,25-/m1/s1. The second kappa shape index (κ2) is 14.1. The lowest BCUT2D eigenvalue weighted by Crippen LogP contribution is -2.67. The van der Waals surface area contributed by atoms with E-state index in [9.17, 15) is 14.4 Å². The Morgan fingerprint density at radius 2 is 1.66 bits per heavy atom. The van der Waals surface area contributed by atoms with Crippen LogP contribution in [-0.4, -0.2) is 65.4 Å². The lowest BCUT2D eigenvalue weighted by Gasteiger charge is -2.47. The lowest BCUT2D eigenvalue weighted by atomic mass is 9.87. The molecule has 3 rings (SSSR count). The van der Waals surface area contributed by atoms with E-state index in [4.69, 9.17) is 0 Å². The van der Waals surface area contributed by atoms with Crippen LogP contribution in [0.4, 0.5) is 4.79 Å². The first kappa shape index (κ1) is 27.8. The highest BCUT2D eigenvalue weighted by molar-refractivity contribution is 5.89. The van der Waals surface area contributed by atoms with Gasteiger partial charge in [-0.3, -0.25) is 9.59 Å². The highest BCUT2D eigenvalue weighted by atomic mass is 16.2. The summed E-state index contributed by atoms with van der Waals surface area (Å²) in [5.41, 5.74) is 0. The van der Waals surface area contributed by atoms with Gasteiger partial charge in [0, 0.05) is 32.1 Å². The third kappa shape index (κ3) is 8.38. The van der Waals surface area contributed by atoms with Gasteiger partial charge in [0.05, 0.1) is 6.04 Å². The van der Waals surface area contributed by atoms with Crippen molar-refractivity contribution in [2.45, 2.75) is 129 Å². The van der Waals surface area contributed by atoms with Gasteiger partial charge in [0.15, 0.2) is 0 Å². The number of piperazine rings is 1. The van der Waals surface area contributed by atoms with Crippen molar-refractivity contribution >= 4 is 17.8 Å². The summed E-state index contributed by atoms with van der Waals surface area (Å²) in [6.45, 7) is 8.21. The minimum atomic E-state index is -0.496. The molecule has 0 unspecified atom stereocenters. The average Bonchev–Trinajstić information content (AvgIpc) is 2.83. The van der Waals surface area contributed by atoms with Gasteiger partial charge < -0.3 is 20.4 Å². The summed E-state index contributed by atoms with van der Waals surface area (Å²) >= 11 is 0. The van der Waals surface area contributed by atoms with E-state index in [0.717, 1.165) is 45.1 Å². The van der Waals surface area contributed by atoms with E-state index in [1.807, 2.05) is 4.90 Å². The van der Waals surface area contributed by atoms with Gasteiger partial charge in [0.25, 0.3) is 0 Å². The van der Waals surface area contributed by atoms with Crippen LogP contribution in [0.1, 0.15) is 111 Å². The number of unbranched alkanes of at least 4 members (excludes halogenated alkanes) is 1. The minimum absolute atomic E-state index is 0.0193. The third-order valence-electron chi connectivity index (χ3n) is 8.10. The fourth-order valence-electron chi connectivity index (χ4n) is 6.18. The Bertz CT molecular complexity index is 686. The second-order valence-electron chi connectivity index (χ2n) is 11.6. The zero-order valence-electron chi connectivity index (χ0n) is 22.5. The van der Waals surface area contributed by atoms with Gasteiger partial charge in [-0.1, -0.05) is 65.7 Å². The molecule has 0 bridgehead atoms. The third-order valence-corrected chi connectivity index (χ3v) is 8.10. The molecule has 7 nitrogen and oxygen atoms in total. The quantitative estimate of drug-likeness (QED) is 0.430. The minimum Gasteiger partial charge on any atom is -0.356 e. The molecule has 1 saturated heterocycles. The Kier molecular flexibility index (Phi) is 11.2. The molecule has 3 aliphatic rings. The monoisotopic (exact) mass is 490 g/mol. The molecule has 35 heavy (non-hydrogen) atoms. The molecule has 0 radical (unpaired) electrons. The van der Waals surface area contributed by atoms with Gasteiger partial charge in [-0.2, -0.15) is 0 Å². The number of hydrogen-bond donors (Lipinski definition) is 2. The van der Waals surface area contributed by atoms with Crippen LogP contribution in [0.2, 0.25) is 0 Å². The summed E-state index contributed by atoms with van der Waals surface area (Å²) in [5, 5.41) is 6.28. The predicted octanol–water partition coefficient (Wildman–Crippen LogP) is 4.84. The number of urea groups is 1. The summed E-state index contributed by atoms with van der Waals surface area (Å²) in [4.78, 5) is 44.1. The molecule has 7 heteroatoms. The van der Waals surface area contributed by atoms with Gasteiger partial charge in [-0.15, -0.1) is 0 Å². The molecule has 4 amide bonds. The van der Waals surface area contributed by atoms with E-state index >= 15 is 0 Å². The zero-order valence-corrected chi connectivity index (χ0v) is 22.5. The highest BCUT2D eigenvalue weighted by Gasteiger charge is 2.44. The van der Waals surface area contributed by atoms with E-state index < -0.39 is 6.04 Å². The number of rotatable bonds is 10. The summed E-state index contributed by atoms with van der Waals surface area (Å²) in [5.74, 6) is 0.872. The molecule has 0 aromatic heterocycles. The number of carbonyl (C=O) groups is 3. The molecule has 2 atom stereocenters. The van der Waals surface area contributed by atoms with Crippen LogP contribution >= 0.6 is 0 Å². The second-order valence-corrected chi connectivity index (χ2v) is 11.6. The van der Waals surface area contributed by atoms with E-state index in [1.165, 1.54) is 38.5 Å². The zero-order chi connectivity index (χ0) is 25.2. The Morgan fingerprint density at radius 1 is 1.00 bits per heavy atom. The number of hydrogen-bond acceptors (Lipinski definition) is 3. The molecule has 1 aliphatic heterocycles. The Hall–Kier alpha value is -1.79. The van der Waals surface area contributed by atoms with Gasteiger partial charge >= 0.3 is 6.03 Å². The largest absolute Gasteiger partial charge is 0.356 e. The van der Waals surface area contributed by atoms with Crippen molar-refractivity contribution in [3.63, 3.8) is 0 Å². The smallest absolute Gasteiger partial charge is 0.318 e. The first-order chi connectivity index (χ1) is 16.9. The van der Waals surface area contributed by atoms with E-state index in [1.54, 1.807) is 4.90 Å². The van der Waals surface area contributed by atoms with Gasteiger partial charge in [-0.05, 0) is 50.4 Å². The highest BCUT2D eigenvalue weighted by Crippen LogP contribution is 2.30. The summed E-state index contributed by atoms with van der Waals surface area (Å²) in [6.07, 6.45) is 14.5. The molecule has 2 aliphatic carbocycles. The maximum absolute atomic E-state index is 13.8. The molecular weight excluding hydrogens is 440 g/mol. The van der Waals surface area contributed by atoms with Crippen LogP contribution in [0.25, 0.3) is 0 Å². The molecular formula is C28H50N4O3. The molecule has 1 heterocycles. The van der Waals surface area contributed by atoms with Crippen LogP contribution in [-0.2, 0) is 9.59 Å². The molecule has 3 fully saturated rings. The molecule has 2 saturated carbocycles. The van der Waals surface area contributed by atoms with Gasteiger partial charge in [0.1, 0.15) is 6.04 Å². The fourth-order valence-corrected chi connectivity index (χ4v) is 6.18. The van der Waals surface area contributed by atoms with Crippen molar-refractivity contribution in [2.24, 2.45) is 11.8 Å². The van der Waals surface area contributed by atoms with Crippen LogP contribution in [0.15, 0.2) is 0 Å². The van der Waals surface area contributed by atoms with Crippen molar-refractivity contribution in [3.05, 3.63) is 0 Å². The first-order valence-corrected chi connectivity index (χ1v) is 14.5. The Labute approximate surface area is 213 Å². The van der Waals surface area contributed by atoms with Crippen LogP contribution < -0.4 is 10.6 Å². The maximum atomic E-state index is 13.8. The Morgan fingerprint density at radius 3 is 2.29 bits per heavy atom. The number of amides is 4. The van der Waals surface area contributed by atoms with Crippen LogP contribution in [0.3, 0.4) is 0 Å². The van der Waals surface area contributed by atoms with Crippen molar-refractivity contribution in [1.29, 1.82) is 0 Å². The van der Waals surface area contributed by atoms with Crippen molar-refractivity contribution in [3.8, 4) is 0 Å². The summed E-state index contributed by atoms with van der Waals surface area (Å²) in [6, 6.07) is -0.764. The fraction of sp³-hybridized carbons (Fsp3) is 0.893. The Balaban J connectivity index is 1.79. The topological polar surface area (TPSA) is 81.8 Å². The number of nitrogens with zero attached hydrogens (tertiary/aromatic N) is 2. The normalized spacial score (nSPS) is 24.6. The van der Waals surface area contributed by atoms with Crippen molar-refractivity contribution in [1.82, 2.24) is 20.4 Å². The van der Waals surface area contributed by atoms with E-state index in [-0.39, 0.29) is 42.3 Å². The van der Waals surface area contributed by atoms with Crippen molar-refractivity contribution < 1.29 is 14.4 Å². The SMILES string of the molecule is CCCCNC(=O)C[C@@H]1CN(CC2CCCCC2)C(=O)[C@@H](CC(C)C)N1C(=O)NC1CCCCC1. The predicted molar refractivity (Wildman–Crippen MR) is 140 cm³/mol. The summed E-state index contributed by atoms with van der Waals surface area (Å²) in [7, 11) is 0. The lowest BCUT2D eigenvalue weighted by molar-refractivity contribution is -0.146. The van der Waals surface area contributed by atoms with Crippen LogP contribution in [0, 0.1) is 11.8 Å². The van der Waals surface area contributed by atoms with Gasteiger partial charge in [0.2, 0.25) is 11.8 Å². The number of carbonyl (C=O) groups excluding carboxylic acids is 3.